The van der Waals surface area contributed by atoms with Crippen LogP contribution in [0.25, 0.3) is 0 Å². The van der Waals surface area contributed by atoms with Crippen LogP contribution < -0.4 is 9.62 Å². The molecule has 168 valence electrons. The zero-order chi connectivity index (χ0) is 22.9. The fraction of sp³-hybridized carbons (Fsp3) is 0.364. The summed E-state index contributed by atoms with van der Waals surface area (Å²) in [5, 5.41) is 7.46. The third-order valence-corrected chi connectivity index (χ3v) is 6.62. The zero-order valence-electron chi connectivity index (χ0n) is 18.3. The zero-order valence-corrected chi connectivity index (χ0v) is 19.1. The monoisotopic (exact) mass is 454 g/mol. The van der Waals surface area contributed by atoms with Gasteiger partial charge in [-0.15, -0.1) is 0 Å². The fourth-order valence-corrected chi connectivity index (χ4v) is 4.71. The number of aromatic nitrogens is 4. The Hall–Kier alpha value is -3.27. The minimum Gasteiger partial charge on any atom is -0.352 e. The number of nitrogens with zero attached hydrogens (tertiary/aromatic N) is 5. The molecule has 0 radical (unpaired) electrons. The highest BCUT2D eigenvalue weighted by atomic mass is 32.2. The SMILES string of the molecule is CC(C)n1cnc([C@H]2CN(S(C)(=O)=O)c3ccc(C(=O)NCCc4cccnc4)cc32)n1. The number of carbonyl (C=O) groups is 1. The van der Waals surface area contributed by atoms with Gasteiger partial charge in [0.05, 0.1) is 17.9 Å². The van der Waals surface area contributed by atoms with E-state index in [1.807, 2.05) is 26.0 Å². The van der Waals surface area contributed by atoms with Gasteiger partial charge < -0.3 is 5.32 Å². The minimum absolute atomic E-state index is 0.139. The molecule has 0 spiro atoms. The van der Waals surface area contributed by atoms with Gasteiger partial charge in [0.15, 0.2) is 5.82 Å². The molecule has 1 aliphatic rings. The van der Waals surface area contributed by atoms with Gasteiger partial charge in [-0.05, 0) is 55.7 Å². The largest absolute Gasteiger partial charge is 0.352 e. The van der Waals surface area contributed by atoms with Gasteiger partial charge in [-0.3, -0.25) is 18.8 Å². The molecular formula is C22H26N6O3S. The molecule has 9 nitrogen and oxygen atoms in total. The number of anilines is 1. The molecule has 1 aromatic carbocycles. The summed E-state index contributed by atoms with van der Waals surface area (Å²) in [6.45, 7) is 4.68. The molecule has 0 unspecified atom stereocenters. The van der Waals surface area contributed by atoms with E-state index in [0.29, 0.717) is 30.0 Å². The van der Waals surface area contributed by atoms with Crippen LogP contribution in [0, 0.1) is 0 Å². The maximum absolute atomic E-state index is 12.8. The van der Waals surface area contributed by atoms with Crippen molar-refractivity contribution in [2.24, 2.45) is 0 Å². The number of hydrogen-bond acceptors (Lipinski definition) is 6. The first kappa shape index (κ1) is 21.9. The van der Waals surface area contributed by atoms with Crippen LogP contribution in [0.2, 0.25) is 0 Å². The van der Waals surface area contributed by atoms with Crippen molar-refractivity contribution in [3.8, 4) is 0 Å². The van der Waals surface area contributed by atoms with Gasteiger partial charge >= 0.3 is 0 Å². The molecule has 3 aromatic rings. The van der Waals surface area contributed by atoms with Gasteiger partial charge in [0.25, 0.3) is 5.91 Å². The molecule has 1 atom stereocenters. The van der Waals surface area contributed by atoms with Crippen LogP contribution in [0.5, 0.6) is 0 Å². The number of sulfonamides is 1. The van der Waals surface area contributed by atoms with Crippen molar-refractivity contribution < 1.29 is 13.2 Å². The van der Waals surface area contributed by atoms with Gasteiger partial charge in [0.2, 0.25) is 10.0 Å². The maximum atomic E-state index is 12.8. The van der Waals surface area contributed by atoms with Gasteiger partial charge in [-0.1, -0.05) is 6.07 Å². The average Bonchev–Trinajstić information content (AvgIpc) is 3.39. The molecule has 0 saturated heterocycles. The molecule has 32 heavy (non-hydrogen) atoms. The predicted molar refractivity (Wildman–Crippen MR) is 121 cm³/mol. The van der Waals surface area contributed by atoms with E-state index in [1.54, 1.807) is 41.6 Å². The highest BCUT2D eigenvalue weighted by Gasteiger charge is 2.37. The standard InChI is InChI=1S/C22H26N6O3S/c1-15(2)27-14-25-21(26-27)19-13-28(32(3,30)31)20-7-6-17(11-18(19)20)22(29)24-10-8-16-5-4-9-23-12-16/h4-7,9,11-12,14-15,19H,8,10,13H2,1-3H3,(H,24,29)/t19-/m0/s1. The van der Waals surface area contributed by atoms with E-state index >= 15 is 0 Å². The van der Waals surface area contributed by atoms with Crippen molar-refractivity contribution >= 4 is 21.6 Å². The Bertz CT molecular complexity index is 1220. The second kappa shape index (κ2) is 8.70. The summed E-state index contributed by atoms with van der Waals surface area (Å²) in [5.74, 6) is -0.0166. The number of fused-ring (bicyclic) bond motifs is 1. The number of benzene rings is 1. The first-order chi connectivity index (χ1) is 15.2. The van der Waals surface area contributed by atoms with Crippen molar-refractivity contribution in [1.29, 1.82) is 0 Å². The van der Waals surface area contributed by atoms with Crippen molar-refractivity contribution in [3.63, 3.8) is 0 Å². The Kier molecular flexibility index (Phi) is 5.96. The van der Waals surface area contributed by atoms with Crippen LogP contribution >= 0.6 is 0 Å². The van der Waals surface area contributed by atoms with E-state index in [9.17, 15) is 13.2 Å². The number of hydrogen-bond donors (Lipinski definition) is 1. The average molecular weight is 455 g/mol. The van der Waals surface area contributed by atoms with E-state index < -0.39 is 10.0 Å². The van der Waals surface area contributed by atoms with E-state index in [-0.39, 0.29) is 24.4 Å². The predicted octanol–water partition coefficient (Wildman–Crippen LogP) is 2.14. The second-order valence-electron chi connectivity index (χ2n) is 8.16. The summed E-state index contributed by atoms with van der Waals surface area (Å²) in [4.78, 5) is 21.2. The molecule has 4 rings (SSSR count). The lowest BCUT2D eigenvalue weighted by Crippen LogP contribution is -2.29. The number of amides is 1. The van der Waals surface area contributed by atoms with Crippen LogP contribution in [0.15, 0.2) is 49.1 Å². The first-order valence-corrected chi connectivity index (χ1v) is 12.3. The minimum atomic E-state index is -3.48. The lowest BCUT2D eigenvalue weighted by molar-refractivity contribution is 0.0954. The van der Waals surface area contributed by atoms with Crippen molar-refractivity contribution in [2.45, 2.75) is 32.2 Å². The highest BCUT2D eigenvalue weighted by molar-refractivity contribution is 7.92. The smallest absolute Gasteiger partial charge is 0.251 e. The molecule has 0 bridgehead atoms. The molecule has 1 N–H and O–H groups in total. The molecule has 0 aliphatic carbocycles. The summed E-state index contributed by atoms with van der Waals surface area (Å²) < 4.78 is 27.9. The van der Waals surface area contributed by atoms with Gasteiger partial charge in [-0.25, -0.2) is 13.4 Å². The molecular weight excluding hydrogens is 428 g/mol. The van der Waals surface area contributed by atoms with Crippen molar-refractivity contribution in [2.75, 3.05) is 23.7 Å². The van der Waals surface area contributed by atoms with E-state index in [0.717, 1.165) is 11.1 Å². The third kappa shape index (κ3) is 4.50. The molecule has 0 saturated carbocycles. The molecule has 0 fully saturated rings. The van der Waals surface area contributed by atoms with Crippen LogP contribution in [0.3, 0.4) is 0 Å². The number of nitrogens with one attached hydrogen (secondary N) is 1. The second-order valence-corrected chi connectivity index (χ2v) is 10.1. The first-order valence-electron chi connectivity index (χ1n) is 10.4. The normalized spacial score (nSPS) is 15.8. The van der Waals surface area contributed by atoms with Gasteiger partial charge in [0, 0.05) is 37.1 Å². The van der Waals surface area contributed by atoms with Crippen molar-refractivity contribution in [1.82, 2.24) is 25.1 Å². The van der Waals surface area contributed by atoms with E-state index in [1.165, 1.54) is 10.6 Å². The summed E-state index contributed by atoms with van der Waals surface area (Å²) in [5.41, 5.74) is 2.80. The quantitative estimate of drug-likeness (QED) is 0.586. The number of rotatable bonds is 7. The molecule has 2 aromatic heterocycles. The van der Waals surface area contributed by atoms with Crippen LogP contribution in [0.1, 0.15) is 53.1 Å². The molecule has 3 heterocycles. The van der Waals surface area contributed by atoms with E-state index in [2.05, 4.69) is 20.4 Å². The third-order valence-electron chi connectivity index (χ3n) is 5.47. The summed E-state index contributed by atoms with van der Waals surface area (Å²) >= 11 is 0. The number of pyridine rings is 1. The van der Waals surface area contributed by atoms with Gasteiger partial charge in [-0.2, -0.15) is 5.10 Å². The summed E-state index contributed by atoms with van der Waals surface area (Å²) in [7, 11) is -3.48. The van der Waals surface area contributed by atoms with Crippen molar-refractivity contribution in [3.05, 3.63) is 71.6 Å². The molecule has 10 heteroatoms. The fourth-order valence-electron chi connectivity index (χ4n) is 3.76. The Morgan fingerprint density at radius 2 is 2.09 bits per heavy atom. The topological polar surface area (TPSA) is 110 Å². The van der Waals surface area contributed by atoms with Crippen LogP contribution in [-0.2, 0) is 16.4 Å². The van der Waals surface area contributed by atoms with Gasteiger partial charge in [0.1, 0.15) is 6.33 Å². The molecule has 1 aliphatic heterocycles. The Balaban J connectivity index is 1.58. The molecule has 1 amide bonds. The Morgan fingerprint density at radius 3 is 2.75 bits per heavy atom. The van der Waals surface area contributed by atoms with Crippen LogP contribution in [0.4, 0.5) is 5.69 Å². The summed E-state index contributed by atoms with van der Waals surface area (Å²) in [6.07, 6.45) is 6.98. The Labute approximate surface area is 187 Å². The summed E-state index contributed by atoms with van der Waals surface area (Å²) in [6, 6.07) is 9.05. The number of carbonyl (C=O) groups excluding carboxylic acids is 1. The Morgan fingerprint density at radius 1 is 1.28 bits per heavy atom. The highest BCUT2D eigenvalue weighted by Crippen LogP contribution is 2.40. The maximum Gasteiger partial charge on any atom is 0.251 e. The van der Waals surface area contributed by atoms with E-state index in [4.69, 9.17) is 0 Å². The van der Waals surface area contributed by atoms with Crippen LogP contribution in [-0.4, -0.2) is 53.4 Å². The lowest BCUT2D eigenvalue weighted by atomic mass is 9.98. The lowest BCUT2D eigenvalue weighted by Gasteiger charge is -2.16.